The number of hydrogen-bond acceptors (Lipinski definition) is 4. The van der Waals surface area contributed by atoms with Crippen LogP contribution in [0.3, 0.4) is 0 Å². The Hall–Kier alpha value is -1.40. The average Bonchev–Trinajstić information content (AvgIpc) is 2.52. The molecule has 0 aliphatic carbocycles. The van der Waals surface area contributed by atoms with Crippen LogP contribution in [-0.2, 0) is 0 Å². The summed E-state index contributed by atoms with van der Waals surface area (Å²) in [6.45, 7) is 0. The predicted molar refractivity (Wildman–Crippen MR) is 50.2 cm³/mol. The molecule has 2 aromatic rings. The van der Waals surface area contributed by atoms with Crippen molar-refractivity contribution in [2.75, 3.05) is 0 Å². The van der Waals surface area contributed by atoms with Crippen LogP contribution in [0, 0.1) is 0 Å². The number of nitrogens with zero attached hydrogens (tertiary/aromatic N) is 2. The van der Waals surface area contributed by atoms with Crippen molar-refractivity contribution in [3.05, 3.63) is 34.9 Å². The fraction of sp³-hybridized carbons (Fsp3) is 0. The molecule has 3 N–H and O–H groups in total. The third kappa shape index (κ3) is 2.09. The van der Waals surface area contributed by atoms with E-state index in [0.717, 1.165) is 10.2 Å². The Bertz CT molecular complexity index is 430. The van der Waals surface area contributed by atoms with E-state index >= 15 is 0 Å². The molecule has 5 nitrogen and oxygen atoms in total. The average molecular weight is 258 g/mol. The van der Waals surface area contributed by atoms with Gasteiger partial charge in [0.15, 0.2) is 0 Å². The van der Waals surface area contributed by atoms with E-state index in [2.05, 4.69) is 25.7 Å². The second-order valence-corrected chi connectivity index (χ2v) is 3.36. The molecular formula is C8H8BrN3O2. The molecule has 0 aliphatic heterocycles. The number of aromatic nitrogens is 2. The van der Waals surface area contributed by atoms with Crippen LogP contribution in [0.5, 0.6) is 5.95 Å². The van der Waals surface area contributed by atoms with Gasteiger partial charge < -0.3 is 15.8 Å². The first-order valence-electron chi connectivity index (χ1n) is 3.57. The molecule has 0 fully saturated rings. The minimum atomic E-state index is -0.458. The molecule has 0 atom stereocenters. The Kier molecular flexibility index (Phi) is 3.21. The molecule has 0 bridgehead atoms. The summed E-state index contributed by atoms with van der Waals surface area (Å²) in [5.41, 5.74) is 0.778. The summed E-state index contributed by atoms with van der Waals surface area (Å²) in [4.78, 5) is 0. The lowest BCUT2D eigenvalue weighted by Crippen LogP contribution is -2.31. The van der Waals surface area contributed by atoms with Gasteiger partial charge >= 0.3 is 0 Å². The van der Waals surface area contributed by atoms with E-state index in [0.29, 0.717) is 0 Å². The Morgan fingerprint density at radius 3 is 2.79 bits per heavy atom. The summed E-state index contributed by atoms with van der Waals surface area (Å²) in [5.74, 6) is -0.458. The van der Waals surface area contributed by atoms with E-state index in [1.54, 1.807) is 0 Å². The molecule has 1 heterocycles. The van der Waals surface area contributed by atoms with Crippen molar-refractivity contribution >= 4 is 15.9 Å². The van der Waals surface area contributed by atoms with Crippen molar-refractivity contribution in [3.63, 3.8) is 0 Å². The maximum Gasteiger partial charge on any atom is 0.240 e. The minimum Gasteiger partial charge on any atom is -0.539 e. The zero-order chi connectivity index (χ0) is 9.26. The normalized spacial score (nSPS) is 9.50. The first-order valence-corrected chi connectivity index (χ1v) is 4.36. The Balaban J connectivity index is 0.000000980. The van der Waals surface area contributed by atoms with E-state index in [1.807, 2.05) is 24.3 Å². The molecule has 0 spiro atoms. The zero-order valence-corrected chi connectivity index (χ0v) is 8.77. The van der Waals surface area contributed by atoms with Crippen LogP contribution >= 0.6 is 15.9 Å². The highest BCUT2D eigenvalue weighted by Gasteiger charge is 2.08. The third-order valence-electron chi connectivity index (χ3n) is 1.52. The molecule has 0 saturated heterocycles. The van der Waals surface area contributed by atoms with Crippen molar-refractivity contribution in [3.8, 4) is 11.6 Å². The van der Waals surface area contributed by atoms with Crippen LogP contribution in [0.4, 0.5) is 0 Å². The molecular weight excluding hydrogens is 250 g/mol. The van der Waals surface area contributed by atoms with Gasteiger partial charge in [-0.2, -0.15) is 0 Å². The van der Waals surface area contributed by atoms with E-state index < -0.39 is 5.95 Å². The van der Waals surface area contributed by atoms with Gasteiger partial charge in [0.25, 0.3) is 0 Å². The molecule has 1 aromatic carbocycles. The van der Waals surface area contributed by atoms with Gasteiger partial charge in [-0.3, -0.25) is 0 Å². The fourth-order valence-corrected chi connectivity index (χ4v) is 1.36. The lowest BCUT2D eigenvalue weighted by Gasteiger charge is -1.89. The number of halogens is 1. The topological polar surface area (TPSA) is 88.0 Å². The van der Waals surface area contributed by atoms with Gasteiger partial charge in [0.2, 0.25) is 11.9 Å². The van der Waals surface area contributed by atoms with E-state index in [4.69, 9.17) is 0 Å². The second kappa shape index (κ2) is 4.21. The van der Waals surface area contributed by atoms with E-state index in [1.165, 1.54) is 10.9 Å². The van der Waals surface area contributed by atoms with Crippen LogP contribution in [0.2, 0.25) is 0 Å². The minimum absolute atomic E-state index is 0. The van der Waals surface area contributed by atoms with Gasteiger partial charge in [-0.25, -0.2) is 0 Å². The Labute approximate surface area is 88.6 Å². The number of hydrogen-bond donors (Lipinski definition) is 1. The lowest BCUT2D eigenvalue weighted by molar-refractivity contribution is -0.670. The van der Waals surface area contributed by atoms with Crippen molar-refractivity contribution < 1.29 is 14.3 Å². The standard InChI is InChI=1S/C8H5BrN2O2.H3N/c9-6-2-1-3-7(4-6)11-5-8(12)13-10-11;/h1-5H;1H3. The van der Waals surface area contributed by atoms with Gasteiger partial charge in [0.1, 0.15) is 5.95 Å². The van der Waals surface area contributed by atoms with Gasteiger partial charge in [-0.05, 0) is 10.7 Å². The van der Waals surface area contributed by atoms with Crippen LogP contribution in [0.15, 0.2) is 39.5 Å². The molecule has 2 rings (SSSR count). The molecule has 1 aromatic heterocycles. The van der Waals surface area contributed by atoms with Crippen molar-refractivity contribution in [2.24, 2.45) is 0 Å². The molecule has 0 aliphatic rings. The summed E-state index contributed by atoms with van der Waals surface area (Å²) in [6, 6.07) is 7.41. The van der Waals surface area contributed by atoms with Crippen molar-refractivity contribution in [2.45, 2.75) is 0 Å². The van der Waals surface area contributed by atoms with Crippen LogP contribution in [0.1, 0.15) is 0 Å². The fourth-order valence-electron chi connectivity index (χ4n) is 0.972. The highest BCUT2D eigenvalue weighted by Crippen LogP contribution is 2.11. The lowest BCUT2D eigenvalue weighted by atomic mass is 10.3. The van der Waals surface area contributed by atoms with E-state index in [-0.39, 0.29) is 6.15 Å². The molecule has 0 saturated carbocycles. The molecule has 0 radical (unpaired) electrons. The highest BCUT2D eigenvalue weighted by molar-refractivity contribution is 9.10. The van der Waals surface area contributed by atoms with Crippen LogP contribution in [-0.4, -0.2) is 5.27 Å². The smallest absolute Gasteiger partial charge is 0.240 e. The Morgan fingerprint density at radius 1 is 1.43 bits per heavy atom. The SMILES string of the molecule is N.[O-]c1c[n+](-c2cccc(Br)c2)no1. The largest absolute Gasteiger partial charge is 0.539 e. The number of benzene rings is 1. The predicted octanol–water partition coefficient (Wildman–Crippen LogP) is 0.949. The summed E-state index contributed by atoms with van der Waals surface area (Å²) in [6.07, 6.45) is 1.28. The van der Waals surface area contributed by atoms with Gasteiger partial charge in [-0.1, -0.05) is 22.0 Å². The summed E-state index contributed by atoms with van der Waals surface area (Å²) in [5, 5.41) is 14.2. The first-order chi connectivity index (χ1) is 6.25. The number of rotatable bonds is 1. The molecule has 0 unspecified atom stereocenters. The quantitative estimate of drug-likeness (QED) is 0.771. The molecule has 14 heavy (non-hydrogen) atoms. The van der Waals surface area contributed by atoms with Crippen LogP contribution < -0.4 is 15.9 Å². The van der Waals surface area contributed by atoms with Gasteiger partial charge in [0.05, 0.1) is 5.27 Å². The zero-order valence-electron chi connectivity index (χ0n) is 7.18. The molecule has 0 amide bonds. The maximum atomic E-state index is 10.7. The summed E-state index contributed by atoms with van der Waals surface area (Å²) < 4.78 is 6.71. The van der Waals surface area contributed by atoms with Gasteiger partial charge in [-0.15, -0.1) is 0 Å². The van der Waals surface area contributed by atoms with E-state index in [9.17, 15) is 5.11 Å². The Morgan fingerprint density at radius 2 is 2.21 bits per heavy atom. The monoisotopic (exact) mass is 257 g/mol. The summed E-state index contributed by atoms with van der Waals surface area (Å²) in [7, 11) is 0. The highest BCUT2D eigenvalue weighted by atomic mass is 79.9. The molecule has 6 heteroatoms. The third-order valence-corrected chi connectivity index (χ3v) is 2.01. The summed E-state index contributed by atoms with van der Waals surface area (Å²) >= 11 is 3.32. The molecule has 74 valence electrons. The van der Waals surface area contributed by atoms with Crippen molar-refractivity contribution in [1.82, 2.24) is 11.4 Å². The second-order valence-electron chi connectivity index (χ2n) is 2.45. The first kappa shape index (κ1) is 10.7. The maximum absolute atomic E-state index is 10.7. The van der Waals surface area contributed by atoms with Crippen LogP contribution in [0.25, 0.3) is 5.69 Å². The van der Waals surface area contributed by atoms with Crippen molar-refractivity contribution in [1.29, 1.82) is 0 Å². The van der Waals surface area contributed by atoms with Gasteiger partial charge in [0, 0.05) is 16.6 Å².